The van der Waals surface area contributed by atoms with Crippen LogP contribution in [-0.4, -0.2) is 52.3 Å². The zero-order chi connectivity index (χ0) is 9.68. The van der Waals surface area contributed by atoms with Crippen LogP contribution in [0.1, 0.15) is 5.82 Å². The maximum Gasteiger partial charge on any atom is 0.188 e. The molecule has 0 aliphatic heterocycles. The summed E-state index contributed by atoms with van der Waals surface area (Å²) < 4.78 is 0. The molecule has 0 unspecified atom stereocenters. The van der Waals surface area contributed by atoms with Crippen LogP contribution < -0.4 is 5.32 Å². The highest BCUT2D eigenvalue weighted by Gasteiger charge is 2.03. The molecule has 0 spiro atoms. The van der Waals surface area contributed by atoms with E-state index in [1.807, 2.05) is 14.1 Å². The third-order valence-corrected chi connectivity index (χ3v) is 1.70. The zero-order valence-corrected chi connectivity index (χ0v) is 8.36. The van der Waals surface area contributed by atoms with E-state index in [-0.39, 0.29) is 0 Å². The fourth-order valence-electron chi connectivity index (χ4n) is 1.01. The quantitative estimate of drug-likeness (QED) is 0.627. The predicted octanol–water partition coefficient (Wildman–Crippen LogP) is -1.14. The van der Waals surface area contributed by atoms with Crippen LogP contribution in [0, 0.1) is 0 Å². The molecule has 1 heterocycles. The van der Waals surface area contributed by atoms with Crippen LogP contribution >= 0.6 is 0 Å². The van der Waals surface area contributed by atoms with Gasteiger partial charge in [-0.1, -0.05) is 0 Å². The second-order valence-corrected chi connectivity index (χ2v) is 3.04. The van der Waals surface area contributed by atoms with Crippen LogP contribution in [0.2, 0.25) is 0 Å². The summed E-state index contributed by atoms with van der Waals surface area (Å²) in [5.41, 5.74) is 0. The lowest BCUT2D eigenvalue weighted by Crippen LogP contribution is -2.27. The van der Waals surface area contributed by atoms with Crippen LogP contribution in [0.3, 0.4) is 0 Å². The van der Waals surface area contributed by atoms with Crippen molar-refractivity contribution in [2.45, 2.75) is 6.54 Å². The van der Waals surface area contributed by atoms with Crippen LogP contribution in [0.15, 0.2) is 0 Å². The van der Waals surface area contributed by atoms with E-state index in [4.69, 9.17) is 0 Å². The number of hydrogen-bond acceptors (Lipinski definition) is 5. The largest absolute Gasteiger partial charge is 0.318 e. The van der Waals surface area contributed by atoms with Crippen LogP contribution in [0.5, 0.6) is 0 Å². The maximum atomic E-state index is 4.09. The minimum Gasteiger partial charge on any atom is -0.318 e. The fraction of sp³-hybridized carbons (Fsp3) is 0.857. The Morgan fingerprint density at radius 1 is 1.54 bits per heavy atom. The molecular weight excluding hydrogens is 168 g/mol. The number of nitrogens with one attached hydrogen (secondary N) is 1. The Kier molecular flexibility index (Phi) is 3.78. The fourth-order valence-corrected chi connectivity index (χ4v) is 1.01. The Morgan fingerprint density at radius 3 is 2.85 bits per heavy atom. The first-order valence-electron chi connectivity index (χ1n) is 4.28. The summed E-state index contributed by atoms with van der Waals surface area (Å²) >= 11 is 0. The van der Waals surface area contributed by atoms with Crippen molar-refractivity contribution in [3.8, 4) is 0 Å². The highest BCUT2D eigenvalue weighted by Crippen LogP contribution is 1.91. The molecule has 74 valence electrons. The average Bonchev–Trinajstić information content (AvgIpc) is 2.48. The van der Waals surface area contributed by atoms with E-state index < -0.39 is 0 Å². The third-order valence-electron chi connectivity index (χ3n) is 1.70. The van der Waals surface area contributed by atoms with Crippen molar-refractivity contribution >= 4 is 0 Å². The lowest BCUT2D eigenvalue weighted by Gasteiger charge is -2.13. The molecule has 0 aliphatic carbocycles. The molecule has 0 amide bonds. The molecule has 0 radical (unpaired) electrons. The average molecular weight is 184 g/mol. The molecule has 1 aromatic rings. The van der Waals surface area contributed by atoms with Crippen LogP contribution in [0.4, 0.5) is 0 Å². The van der Waals surface area contributed by atoms with Gasteiger partial charge in [-0.15, -0.1) is 10.2 Å². The highest BCUT2D eigenvalue weighted by molar-refractivity contribution is 4.75. The molecule has 13 heavy (non-hydrogen) atoms. The van der Waals surface area contributed by atoms with Crippen LogP contribution in [-0.2, 0) is 13.6 Å². The van der Waals surface area contributed by atoms with Gasteiger partial charge in [0.05, 0.1) is 13.6 Å². The van der Waals surface area contributed by atoms with Gasteiger partial charge in [-0.2, -0.15) is 4.80 Å². The van der Waals surface area contributed by atoms with Gasteiger partial charge < -0.3 is 5.32 Å². The standard InChI is InChI=1S/C7H16N6/c1-8-4-5-12(2)6-7-9-11-13(3)10-7/h8H,4-6H2,1-3H3. The molecule has 0 saturated heterocycles. The first-order valence-corrected chi connectivity index (χ1v) is 4.28. The Hall–Kier alpha value is -1.01. The number of rotatable bonds is 5. The number of aryl methyl sites for hydroxylation is 1. The maximum absolute atomic E-state index is 4.09. The molecule has 0 aromatic carbocycles. The van der Waals surface area contributed by atoms with Crippen LogP contribution in [0.25, 0.3) is 0 Å². The van der Waals surface area contributed by atoms with Gasteiger partial charge in [0, 0.05) is 13.1 Å². The van der Waals surface area contributed by atoms with E-state index in [1.165, 1.54) is 4.80 Å². The molecule has 0 saturated carbocycles. The van der Waals surface area contributed by atoms with Crippen molar-refractivity contribution in [1.82, 2.24) is 30.4 Å². The van der Waals surface area contributed by atoms with E-state index in [2.05, 4.69) is 25.6 Å². The molecule has 6 heteroatoms. The second kappa shape index (κ2) is 4.88. The van der Waals surface area contributed by atoms with Gasteiger partial charge >= 0.3 is 0 Å². The van der Waals surface area contributed by atoms with Gasteiger partial charge in [0.15, 0.2) is 5.82 Å². The molecular formula is C7H16N6. The molecule has 0 fully saturated rings. The molecule has 0 atom stereocenters. The topological polar surface area (TPSA) is 58.9 Å². The number of hydrogen-bond donors (Lipinski definition) is 1. The first kappa shape index (κ1) is 10.1. The number of likely N-dealkylation sites (N-methyl/N-ethyl adjacent to an activating group) is 2. The highest BCUT2D eigenvalue weighted by atomic mass is 15.6. The van der Waals surface area contributed by atoms with E-state index in [0.717, 1.165) is 25.5 Å². The normalized spacial score (nSPS) is 11.1. The van der Waals surface area contributed by atoms with Crippen molar-refractivity contribution in [2.75, 3.05) is 27.2 Å². The smallest absolute Gasteiger partial charge is 0.188 e. The van der Waals surface area contributed by atoms with Gasteiger partial charge in [-0.05, 0) is 19.3 Å². The van der Waals surface area contributed by atoms with Crippen molar-refractivity contribution in [1.29, 1.82) is 0 Å². The number of nitrogens with zero attached hydrogens (tertiary/aromatic N) is 5. The second-order valence-electron chi connectivity index (χ2n) is 3.04. The molecule has 1 N–H and O–H groups in total. The Labute approximate surface area is 77.9 Å². The lowest BCUT2D eigenvalue weighted by atomic mass is 10.5. The van der Waals surface area contributed by atoms with Crippen molar-refractivity contribution < 1.29 is 0 Å². The minimum atomic E-state index is 0.746. The predicted molar refractivity (Wildman–Crippen MR) is 49.1 cm³/mol. The van der Waals surface area contributed by atoms with Crippen molar-refractivity contribution in [2.24, 2.45) is 7.05 Å². The van der Waals surface area contributed by atoms with Gasteiger partial charge in [-0.25, -0.2) is 0 Å². The Morgan fingerprint density at radius 2 is 2.31 bits per heavy atom. The molecule has 0 aliphatic rings. The van der Waals surface area contributed by atoms with Gasteiger partial charge in [0.2, 0.25) is 0 Å². The van der Waals surface area contributed by atoms with Gasteiger partial charge in [0.25, 0.3) is 0 Å². The molecule has 0 bridgehead atoms. The summed E-state index contributed by atoms with van der Waals surface area (Å²) in [7, 11) is 5.74. The number of tetrazole rings is 1. The van der Waals surface area contributed by atoms with Gasteiger partial charge in [-0.3, -0.25) is 4.90 Å². The minimum absolute atomic E-state index is 0.746. The molecule has 1 aromatic heterocycles. The summed E-state index contributed by atoms with van der Waals surface area (Å²) in [5.74, 6) is 0.765. The monoisotopic (exact) mass is 184 g/mol. The lowest BCUT2D eigenvalue weighted by molar-refractivity contribution is 0.319. The summed E-state index contributed by atoms with van der Waals surface area (Å²) in [4.78, 5) is 3.62. The van der Waals surface area contributed by atoms with Gasteiger partial charge in [0.1, 0.15) is 0 Å². The molecule has 6 nitrogen and oxygen atoms in total. The summed E-state index contributed by atoms with van der Waals surface area (Å²) in [6, 6.07) is 0. The third kappa shape index (κ3) is 3.47. The number of aromatic nitrogens is 4. The Bertz CT molecular complexity index is 245. The van der Waals surface area contributed by atoms with E-state index >= 15 is 0 Å². The SMILES string of the molecule is CNCCN(C)Cc1nnn(C)n1. The zero-order valence-electron chi connectivity index (χ0n) is 8.36. The summed E-state index contributed by atoms with van der Waals surface area (Å²) in [6.07, 6.45) is 0. The summed E-state index contributed by atoms with van der Waals surface area (Å²) in [6.45, 7) is 2.70. The molecule has 1 rings (SSSR count). The van der Waals surface area contributed by atoms with E-state index in [1.54, 1.807) is 7.05 Å². The van der Waals surface area contributed by atoms with Crippen molar-refractivity contribution in [3.05, 3.63) is 5.82 Å². The van der Waals surface area contributed by atoms with E-state index in [0.29, 0.717) is 0 Å². The van der Waals surface area contributed by atoms with E-state index in [9.17, 15) is 0 Å². The Balaban J connectivity index is 2.31. The first-order chi connectivity index (χ1) is 6.22. The summed E-state index contributed by atoms with van der Waals surface area (Å²) in [5, 5.41) is 14.8. The van der Waals surface area contributed by atoms with Crippen molar-refractivity contribution in [3.63, 3.8) is 0 Å².